The van der Waals surface area contributed by atoms with Crippen LogP contribution in [0.4, 0.5) is 8.78 Å². The smallest absolute Gasteiger partial charge is 0.176 e. The largest absolute Gasteiger partial charge is 0.378 e. The molecule has 0 bridgehead atoms. The molecule has 1 aliphatic rings. The van der Waals surface area contributed by atoms with Crippen molar-refractivity contribution < 1.29 is 18.3 Å². The van der Waals surface area contributed by atoms with Gasteiger partial charge in [-0.1, -0.05) is 0 Å². The number of rotatable bonds is 5. The van der Waals surface area contributed by atoms with E-state index < -0.39 is 11.6 Å². The average molecular weight is 283 g/mol. The zero-order valence-electron chi connectivity index (χ0n) is 11.6. The van der Waals surface area contributed by atoms with Crippen LogP contribution < -0.4 is 0 Å². The molecular weight excluding hydrogens is 264 g/mol. The Morgan fingerprint density at radius 2 is 2.00 bits per heavy atom. The first-order valence-corrected chi connectivity index (χ1v) is 6.92. The number of piperidine rings is 1. The standard InChI is InChI=1S/C15H19F2NO2/c1-2-20-12-5-7-18(8-6-12)10-15(19)11-3-4-13(16)14(17)9-11/h3-4,9,12H,2,5-8,10H2,1H3. The fourth-order valence-electron chi connectivity index (χ4n) is 2.43. The summed E-state index contributed by atoms with van der Waals surface area (Å²) in [7, 11) is 0. The molecule has 0 saturated carbocycles. The van der Waals surface area contributed by atoms with E-state index in [1.165, 1.54) is 6.07 Å². The van der Waals surface area contributed by atoms with E-state index in [1.54, 1.807) is 0 Å². The maximum Gasteiger partial charge on any atom is 0.176 e. The van der Waals surface area contributed by atoms with Gasteiger partial charge in [-0.3, -0.25) is 9.69 Å². The Morgan fingerprint density at radius 3 is 2.60 bits per heavy atom. The fourth-order valence-corrected chi connectivity index (χ4v) is 2.43. The lowest BCUT2D eigenvalue weighted by atomic mass is 10.1. The van der Waals surface area contributed by atoms with Gasteiger partial charge in [-0.15, -0.1) is 0 Å². The predicted octanol–water partition coefficient (Wildman–Crippen LogP) is 2.65. The molecule has 0 radical (unpaired) electrons. The third kappa shape index (κ3) is 3.84. The van der Waals surface area contributed by atoms with Gasteiger partial charge in [0.2, 0.25) is 0 Å². The van der Waals surface area contributed by atoms with Crippen molar-refractivity contribution in [3.8, 4) is 0 Å². The number of nitrogens with zero attached hydrogens (tertiary/aromatic N) is 1. The fraction of sp³-hybridized carbons (Fsp3) is 0.533. The zero-order valence-corrected chi connectivity index (χ0v) is 11.6. The Bertz CT molecular complexity index is 471. The average Bonchev–Trinajstić information content (AvgIpc) is 2.44. The monoisotopic (exact) mass is 283 g/mol. The quantitative estimate of drug-likeness (QED) is 0.778. The van der Waals surface area contributed by atoms with E-state index in [9.17, 15) is 13.6 Å². The minimum absolute atomic E-state index is 0.182. The van der Waals surface area contributed by atoms with Gasteiger partial charge in [-0.05, 0) is 38.0 Å². The summed E-state index contributed by atoms with van der Waals surface area (Å²) in [6.07, 6.45) is 2.08. The summed E-state index contributed by atoms with van der Waals surface area (Å²) in [5.41, 5.74) is 0.218. The van der Waals surface area contributed by atoms with E-state index in [0.29, 0.717) is 6.61 Å². The molecule has 20 heavy (non-hydrogen) atoms. The molecule has 110 valence electrons. The van der Waals surface area contributed by atoms with Crippen LogP contribution in [-0.2, 0) is 4.74 Å². The number of halogens is 2. The number of benzene rings is 1. The highest BCUT2D eigenvalue weighted by atomic mass is 19.2. The van der Waals surface area contributed by atoms with Gasteiger partial charge in [0.05, 0.1) is 12.6 Å². The number of ether oxygens (including phenoxy) is 1. The minimum atomic E-state index is -0.981. The topological polar surface area (TPSA) is 29.5 Å². The molecule has 0 amide bonds. The molecule has 1 aromatic carbocycles. The molecular formula is C15H19F2NO2. The lowest BCUT2D eigenvalue weighted by molar-refractivity contribution is 0.0147. The molecule has 0 unspecified atom stereocenters. The number of carbonyl (C=O) groups excluding carboxylic acids is 1. The van der Waals surface area contributed by atoms with Crippen molar-refractivity contribution >= 4 is 5.78 Å². The lowest BCUT2D eigenvalue weighted by Crippen LogP contribution is -2.39. The van der Waals surface area contributed by atoms with Gasteiger partial charge < -0.3 is 4.74 Å². The van der Waals surface area contributed by atoms with Crippen molar-refractivity contribution in [1.29, 1.82) is 0 Å². The normalized spacial score (nSPS) is 17.4. The Hall–Kier alpha value is -1.33. The van der Waals surface area contributed by atoms with E-state index >= 15 is 0 Å². The van der Waals surface area contributed by atoms with Crippen molar-refractivity contribution in [2.45, 2.75) is 25.9 Å². The van der Waals surface area contributed by atoms with Gasteiger partial charge in [0.1, 0.15) is 0 Å². The summed E-state index contributed by atoms with van der Waals surface area (Å²) in [4.78, 5) is 14.0. The van der Waals surface area contributed by atoms with Gasteiger partial charge in [-0.25, -0.2) is 8.78 Å². The van der Waals surface area contributed by atoms with Crippen LogP contribution in [0.15, 0.2) is 18.2 Å². The Balaban J connectivity index is 1.87. The Kier molecular flexibility index (Phi) is 5.20. The summed E-state index contributed by atoms with van der Waals surface area (Å²) in [6.45, 7) is 4.50. The number of Topliss-reactive ketones (excluding diaryl/α,β-unsaturated/α-hetero) is 1. The highest BCUT2D eigenvalue weighted by Gasteiger charge is 2.21. The summed E-state index contributed by atoms with van der Waals surface area (Å²) in [5, 5.41) is 0. The van der Waals surface area contributed by atoms with Crippen molar-refractivity contribution in [2.24, 2.45) is 0 Å². The number of carbonyl (C=O) groups is 1. The predicted molar refractivity (Wildman–Crippen MR) is 71.8 cm³/mol. The molecule has 5 heteroatoms. The molecule has 1 saturated heterocycles. The molecule has 0 N–H and O–H groups in total. The highest BCUT2D eigenvalue weighted by molar-refractivity contribution is 5.97. The molecule has 2 rings (SSSR count). The third-order valence-electron chi connectivity index (χ3n) is 3.55. The number of ketones is 1. The second-order valence-corrected chi connectivity index (χ2v) is 4.98. The first kappa shape index (κ1) is 15.1. The van der Waals surface area contributed by atoms with Crippen LogP contribution in [0.25, 0.3) is 0 Å². The van der Waals surface area contributed by atoms with Gasteiger partial charge in [-0.2, -0.15) is 0 Å². The number of hydrogen-bond donors (Lipinski definition) is 0. The van der Waals surface area contributed by atoms with Crippen LogP contribution in [0.1, 0.15) is 30.1 Å². The van der Waals surface area contributed by atoms with E-state index in [1.807, 2.05) is 11.8 Å². The molecule has 1 heterocycles. The van der Waals surface area contributed by atoms with Crippen LogP contribution in [0, 0.1) is 11.6 Å². The molecule has 3 nitrogen and oxygen atoms in total. The van der Waals surface area contributed by atoms with Crippen molar-refractivity contribution in [3.05, 3.63) is 35.4 Å². The van der Waals surface area contributed by atoms with Crippen molar-refractivity contribution in [1.82, 2.24) is 4.90 Å². The van der Waals surface area contributed by atoms with Crippen LogP contribution in [-0.4, -0.2) is 43.0 Å². The molecule has 1 fully saturated rings. The molecule has 0 atom stereocenters. The summed E-state index contributed by atoms with van der Waals surface area (Å²) >= 11 is 0. The maximum atomic E-state index is 13.1. The number of hydrogen-bond acceptors (Lipinski definition) is 3. The van der Waals surface area contributed by atoms with Crippen molar-refractivity contribution in [2.75, 3.05) is 26.2 Å². The first-order valence-electron chi connectivity index (χ1n) is 6.92. The van der Waals surface area contributed by atoms with Crippen LogP contribution >= 0.6 is 0 Å². The molecule has 0 aromatic heterocycles. The van der Waals surface area contributed by atoms with Gasteiger partial charge >= 0.3 is 0 Å². The van der Waals surface area contributed by atoms with Crippen molar-refractivity contribution in [3.63, 3.8) is 0 Å². The van der Waals surface area contributed by atoms with E-state index in [0.717, 1.165) is 38.1 Å². The van der Waals surface area contributed by atoms with Gasteiger partial charge in [0.15, 0.2) is 17.4 Å². The maximum absolute atomic E-state index is 13.1. The van der Waals surface area contributed by atoms with Crippen LogP contribution in [0.3, 0.4) is 0 Å². The highest BCUT2D eigenvalue weighted by Crippen LogP contribution is 2.15. The number of likely N-dealkylation sites (tertiary alicyclic amines) is 1. The van der Waals surface area contributed by atoms with E-state index in [-0.39, 0.29) is 24.0 Å². The van der Waals surface area contributed by atoms with Gasteiger partial charge in [0, 0.05) is 25.3 Å². The lowest BCUT2D eigenvalue weighted by Gasteiger charge is -2.31. The third-order valence-corrected chi connectivity index (χ3v) is 3.55. The van der Waals surface area contributed by atoms with Crippen LogP contribution in [0.2, 0.25) is 0 Å². The van der Waals surface area contributed by atoms with Crippen LogP contribution in [0.5, 0.6) is 0 Å². The summed E-state index contributed by atoms with van der Waals surface area (Å²) < 4.78 is 31.5. The molecule has 0 spiro atoms. The molecule has 1 aromatic rings. The SMILES string of the molecule is CCOC1CCN(CC(=O)c2ccc(F)c(F)c2)CC1. The van der Waals surface area contributed by atoms with Gasteiger partial charge in [0.25, 0.3) is 0 Å². The second kappa shape index (κ2) is 6.90. The molecule has 0 aliphatic carbocycles. The summed E-state index contributed by atoms with van der Waals surface area (Å²) in [6, 6.07) is 3.28. The first-order chi connectivity index (χ1) is 9.60. The Morgan fingerprint density at radius 1 is 1.30 bits per heavy atom. The second-order valence-electron chi connectivity index (χ2n) is 4.98. The van der Waals surface area contributed by atoms with E-state index in [2.05, 4.69) is 0 Å². The Labute approximate surface area is 117 Å². The zero-order chi connectivity index (χ0) is 14.5. The molecule has 1 aliphatic heterocycles. The van der Waals surface area contributed by atoms with E-state index in [4.69, 9.17) is 4.74 Å². The summed E-state index contributed by atoms with van der Waals surface area (Å²) in [5.74, 6) is -2.09. The minimum Gasteiger partial charge on any atom is -0.378 e.